The van der Waals surface area contributed by atoms with E-state index >= 15 is 0 Å². The molecule has 0 unspecified atom stereocenters. The molecule has 0 amide bonds. The first-order valence-corrected chi connectivity index (χ1v) is 7.07. The van der Waals surface area contributed by atoms with Gasteiger partial charge in [0.05, 0.1) is 0 Å². The lowest BCUT2D eigenvalue weighted by Gasteiger charge is -2.14. The lowest BCUT2D eigenvalue weighted by Crippen LogP contribution is -2.15. The fourth-order valence-corrected chi connectivity index (χ4v) is 2.94. The maximum absolute atomic E-state index is 12.4. The van der Waals surface area contributed by atoms with Gasteiger partial charge in [0.25, 0.3) is 0 Å². The highest BCUT2D eigenvalue weighted by molar-refractivity contribution is 9.10. The third-order valence-electron chi connectivity index (χ3n) is 3.48. The molecule has 92 valence electrons. The van der Waals surface area contributed by atoms with Gasteiger partial charge in [-0.25, -0.2) is 0 Å². The largest absolute Gasteiger partial charge is 0.399 e. The van der Waals surface area contributed by atoms with Gasteiger partial charge in [-0.3, -0.25) is 4.79 Å². The topological polar surface area (TPSA) is 43.1 Å². The smallest absolute Gasteiger partial charge is 0.167 e. The number of ketones is 1. The van der Waals surface area contributed by atoms with Crippen molar-refractivity contribution in [1.29, 1.82) is 0 Å². The molecule has 1 aromatic rings. The van der Waals surface area contributed by atoms with Crippen LogP contribution in [0.5, 0.6) is 0 Å². The molecule has 0 saturated heterocycles. The normalized spacial score (nSPS) is 17.7. The molecule has 2 rings (SSSR count). The van der Waals surface area contributed by atoms with E-state index in [1.807, 2.05) is 12.1 Å². The van der Waals surface area contributed by atoms with Crippen molar-refractivity contribution in [3.05, 3.63) is 28.2 Å². The highest BCUT2D eigenvalue weighted by Crippen LogP contribution is 2.29. The third kappa shape index (κ3) is 3.09. The maximum atomic E-state index is 12.4. The van der Waals surface area contributed by atoms with Gasteiger partial charge in [-0.1, -0.05) is 41.6 Å². The zero-order chi connectivity index (χ0) is 12.3. The monoisotopic (exact) mass is 295 g/mol. The summed E-state index contributed by atoms with van der Waals surface area (Å²) in [7, 11) is 0. The summed E-state index contributed by atoms with van der Waals surface area (Å²) in [5.41, 5.74) is 7.16. The number of hydrogen-bond acceptors (Lipinski definition) is 2. The summed E-state index contributed by atoms with van der Waals surface area (Å²) in [5, 5.41) is 0. The van der Waals surface area contributed by atoms with Crippen LogP contribution in [0.3, 0.4) is 0 Å². The Hall–Kier alpha value is -0.830. The maximum Gasteiger partial charge on any atom is 0.167 e. The van der Waals surface area contributed by atoms with E-state index in [1.54, 1.807) is 6.07 Å². The van der Waals surface area contributed by atoms with Gasteiger partial charge in [0.1, 0.15) is 0 Å². The van der Waals surface area contributed by atoms with E-state index in [1.165, 1.54) is 25.7 Å². The summed E-state index contributed by atoms with van der Waals surface area (Å²) in [5.74, 6) is 0.446. The van der Waals surface area contributed by atoms with Crippen LogP contribution in [0.4, 0.5) is 5.69 Å². The van der Waals surface area contributed by atoms with Gasteiger partial charge in [-0.2, -0.15) is 0 Å². The van der Waals surface area contributed by atoms with Crippen LogP contribution >= 0.6 is 15.9 Å². The molecule has 2 N–H and O–H groups in total. The number of halogens is 1. The van der Waals surface area contributed by atoms with E-state index in [2.05, 4.69) is 15.9 Å². The average Bonchev–Trinajstić information content (AvgIpc) is 2.60. The molecule has 1 aromatic carbocycles. The number of nitrogens with two attached hydrogens (primary N) is 1. The molecule has 0 heterocycles. The summed E-state index contributed by atoms with van der Waals surface area (Å²) in [4.78, 5) is 12.4. The second kappa shape index (κ2) is 5.67. The van der Waals surface area contributed by atoms with E-state index in [4.69, 9.17) is 5.73 Å². The van der Waals surface area contributed by atoms with Crippen LogP contribution < -0.4 is 5.73 Å². The highest BCUT2D eigenvalue weighted by Gasteiger charge is 2.22. The third-order valence-corrected chi connectivity index (χ3v) is 4.17. The summed E-state index contributed by atoms with van der Waals surface area (Å²) in [6.45, 7) is 0. The van der Waals surface area contributed by atoms with Crippen LogP contribution in [0.15, 0.2) is 22.7 Å². The van der Waals surface area contributed by atoms with E-state index in [0.717, 1.165) is 22.9 Å². The summed E-state index contributed by atoms with van der Waals surface area (Å²) < 4.78 is 0.862. The van der Waals surface area contributed by atoms with Crippen molar-refractivity contribution >= 4 is 27.4 Å². The van der Waals surface area contributed by atoms with Crippen LogP contribution in [-0.4, -0.2) is 5.78 Å². The van der Waals surface area contributed by atoms with Crippen molar-refractivity contribution in [2.45, 2.75) is 38.5 Å². The van der Waals surface area contributed by atoms with E-state index in [-0.39, 0.29) is 11.7 Å². The highest BCUT2D eigenvalue weighted by atomic mass is 79.9. The Morgan fingerprint density at radius 3 is 2.47 bits per heavy atom. The molecule has 1 saturated carbocycles. The van der Waals surface area contributed by atoms with E-state index in [0.29, 0.717) is 5.69 Å². The minimum absolute atomic E-state index is 0.190. The number of carbonyl (C=O) groups is 1. The Balaban J connectivity index is 2.20. The van der Waals surface area contributed by atoms with Crippen molar-refractivity contribution in [2.24, 2.45) is 5.92 Å². The number of Topliss-reactive ketones (excluding diaryl/α,β-unsaturated/α-hetero) is 1. The van der Waals surface area contributed by atoms with E-state index < -0.39 is 0 Å². The van der Waals surface area contributed by atoms with Gasteiger partial charge in [0.2, 0.25) is 0 Å². The van der Waals surface area contributed by atoms with Crippen LogP contribution in [0.25, 0.3) is 0 Å². The lowest BCUT2D eigenvalue weighted by molar-refractivity contribution is 0.0907. The molecular formula is C14H18BrNO. The zero-order valence-corrected chi connectivity index (χ0v) is 11.5. The minimum atomic E-state index is 0.190. The molecule has 0 radical (unpaired) electrons. The Labute approximate surface area is 111 Å². The van der Waals surface area contributed by atoms with Gasteiger partial charge in [0.15, 0.2) is 5.78 Å². The number of rotatable bonds is 2. The Bertz CT molecular complexity index is 409. The van der Waals surface area contributed by atoms with Gasteiger partial charge in [0, 0.05) is 21.6 Å². The molecule has 3 heteroatoms. The first kappa shape index (κ1) is 12.6. The van der Waals surface area contributed by atoms with Gasteiger partial charge >= 0.3 is 0 Å². The van der Waals surface area contributed by atoms with Crippen LogP contribution in [0, 0.1) is 5.92 Å². The number of nitrogen functional groups attached to an aromatic ring is 1. The van der Waals surface area contributed by atoms with Crippen LogP contribution in [-0.2, 0) is 0 Å². The molecule has 17 heavy (non-hydrogen) atoms. The SMILES string of the molecule is Nc1ccc(Br)c(C(=O)C2CCCCCC2)c1. The van der Waals surface area contributed by atoms with Crippen molar-refractivity contribution in [1.82, 2.24) is 0 Å². The first-order chi connectivity index (χ1) is 8.18. The predicted octanol–water partition coefficient (Wildman–Crippen LogP) is 4.18. The van der Waals surface area contributed by atoms with Crippen molar-refractivity contribution in [2.75, 3.05) is 5.73 Å². The predicted molar refractivity (Wildman–Crippen MR) is 74.1 cm³/mol. The second-order valence-corrected chi connectivity index (χ2v) is 5.65. The van der Waals surface area contributed by atoms with Crippen molar-refractivity contribution < 1.29 is 4.79 Å². The molecule has 0 aromatic heterocycles. The minimum Gasteiger partial charge on any atom is -0.399 e. The number of anilines is 1. The molecule has 0 spiro atoms. The lowest BCUT2D eigenvalue weighted by atomic mass is 9.91. The Morgan fingerprint density at radius 1 is 1.18 bits per heavy atom. The Morgan fingerprint density at radius 2 is 1.82 bits per heavy atom. The molecular weight excluding hydrogens is 278 g/mol. The molecule has 2 nitrogen and oxygen atoms in total. The molecule has 0 aliphatic heterocycles. The number of hydrogen-bond donors (Lipinski definition) is 1. The van der Waals surface area contributed by atoms with Crippen LogP contribution in [0.1, 0.15) is 48.9 Å². The summed E-state index contributed by atoms with van der Waals surface area (Å²) in [6.07, 6.45) is 6.94. The van der Waals surface area contributed by atoms with Gasteiger partial charge in [-0.05, 0) is 31.0 Å². The summed E-state index contributed by atoms with van der Waals surface area (Å²) >= 11 is 3.44. The molecule has 1 fully saturated rings. The van der Waals surface area contributed by atoms with Crippen molar-refractivity contribution in [3.8, 4) is 0 Å². The summed E-state index contributed by atoms with van der Waals surface area (Å²) in [6, 6.07) is 5.46. The fraction of sp³-hybridized carbons (Fsp3) is 0.500. The standard InChI is InChI=1S/C14H18BrNO/c15-13-8-7-11(16)9-12(13)14(17)10-5-3-1-2-4-6-10/h7-10H,1-6,16H2. The molecule has 1 aliphatic carbocycles. The average molecular weight is 296 g/mol. The fourth-order valence-electron chi connectivity index (χ4n) is 2.49. The number of carbonyl (C=O) groups excluding carboxylic acids is 1. The zero-order valence-electron chi connectivity index (χ0n) is 9.92. The van der Waals surface area contributed by atoms with Crippen LogP contribution in [0.2, 0.25) is 0 Å². The number of benzene rings is 1. The Kier molecular flexibility index (Phi) is 4.21. The first-order valence-electron chi connectivity index (χ1n) is 6.27. The van der Waals surface area contributed by atoms with Crippen molar-refractivity contribution in [3.63, 3.8) is 0 Å². The molecule has 1 aliphatic rings. The molecule has 0 bridgehead atoms. The van der Waals surface area contributed by atoms with Gasteiger partial charge < -0.3 is 5.73 Å². The molecule has 0 atom stereocenters. The quantitative estimate of drug-likeness (QED) is 0.505. The second-order valence-electron chi connectivity index (χ2n) is 4.79. The van der Waals surface area contributed by atoms with E-state index in [9.17, 15) is 4.79 Å². The van der Waals surface area contributed by atoms with Gasteiger partial charge in [-0.15, -0.1) is 0 Å².